The van der Waals surface area contributed by atoms with Crippen molar-refractivity contribution >= 4 is 17.2 Å². The second kappa shape index (κ2) is 6.91. The van der Waals surface area contributed by atoms with Gasteiger partial charge in [-0.3, -0.25) is 4.79 Å². The molecule has 3 aromatic rings. The highest BCUT2D eigenvalue weighted by atomic mass is 32.1. The number of aromatic nitrogens is 3. The topological polar surface area (TPSA) is 67.8 Å². The number of rotatable bonds is 5. The molecule has 6 heteroatoms. The van der Waals surface area contributed by atoms with Crippen LogP contribution >= 0.6 is 11.3 Å². The number of carbonyl (C=O) groups excluding carboxylic acids is 1. The lowest BCUT2D eigenvalue weighted by Gasteiger charge is -2.02. The van der Waals surface area contributed by atoms with Gasteiger partial charge >= 0.3 is 0 Å². The maximum absolute atomic E-state index is 11.9. The first-order valence-corrected chi connectivity index (χ1v) is 7.75. The Morgan fingerprint density at radius 3 is 2.77 bits per heavy atom. The number of nitrogens with zero attached hydrogens (tertiary/aromatic N) is 3. The highest BCUT2D eigenvalue weighted by Crippen LogP contribution is 2.21. The predicted molar refractivity (Wildman–Crippen MR) is 85.6 cm³/mol. The Labute approximate surface area is 132 Å². The van der Waals surface area contributed by atoms with Crippen LogP contribution in [0.1, 0.15) is 15.4 Å². The summed E-state index contributed by atoms with van der Waals surface area (Å²) in [6, 6.07) is 11.7. The van der Waals surface area contributed by atoms with Crippen LogP contribution in [0.3, 0.4) is 0 Å². The van der Waals surface area contributed by atoms with Crippen LogP contribution in [0.5, 0.6) is 0 Å². The fourth-order valence-electron chi connectivity index (χ4n) is 1.98. The largest absolute Gasteiger partial charge is 0.352 e. The van der Waals surface area contributed by atoms with Gasteiger partial charge in [-0.2, -0.15) is 10.2 Å². The van der Waals surface area contributed by atoms with Gasteiger partial charge in [0.1, 0.15) is 0 Å². The van der Waals surface area contributed by atoms with Crippen LogP contribution in [0, 0.1) is 0 Å². The van der Waals surface area contributed by atoms with Gasteiger partial charge in [0.05, 0.1) is 28.7 Å². The first kappa shape index (κ1) is 14.3. The lowest BCUT2D eigenvalue weighted by molar-refractivity contribution is 0.0953. The van der Waals surface area contributed by atoms with Crippen LogP contribution in [0.25, 0.3) is 11.3 Å². The normalized spacial score (nSPS) is 10.4. The van der Waals surface area contributed by atoms with Crippen molar-refractivity contribution in [2.75, 3.05) is 6.54 Å². The number of benzene rings is 1. The molecule has 2 aromatic heterocycles. The van der Waals surface area contributed by atoms with Gasteiger partial charge in [-0.1, -0.05) is 30.3 Å². The van der Waals surface area contributed by atoms with E-state index < -0.39 is 0 Å². The van der Waals surface area contributed by atoms with E-state index in [2.05, 4.69) is 20.5 Å². The van der Waals surface area contributed by atoms with E-state index in [9.17, 15) is 4.79 Å². The summed E-state index contributed by atoms with van der Waals surface area (Å²) >= 11 is 1.61. The van der Waals surface area contributed by atoms with Crippen molar-refractivity contribution in [2.45, 2.75) is 6.42 Å². The Kier molecular flexibility index (Phi) is 4.50. The van der Waals surface area contributed by atoms with Crippen LogP contribution in [0.4, 0.5) is 0 Å². The Bertz CT molecular complexity index is 743. The minimum Gasteiger partial charge on any atom is -0.352 e. The van der Waals surface area contributed by atoms with E-state index in [4.69, 9.17) is 0 Å². The molecule has 1 amide bonds. The predicted octanol–water partition coefficient (Wildman–Crippen LogP) is 2.57. The highest BCUT2D eigenvalue weighted by Gasteiger charge is 2.07. The molecule has 5 nitrogen and oxygen atoms in total. The van der Waals surface area contributed by atoms with Gasteiger partial charge in [-0.15, -0.1) is 11.3 Å². The van der Waals surface area contributed by atoms with Gasteiger partial charge in [0, 0.05) is 23.9 Å². The van der Waals surface area contributed by atoms with E-state index in [1.54, 1.807) is 17.4 Å². The fraction of sp³-hybridized carbons (Fsp3) is 0.125. The van der Waals surface area contributed by atoms with E-state index in [-0.39, 0.29) is 5.91 Å². The average Bonchev–Trinajstić information content (AvgIpc) is 3.05. The van der Waals surface area contributed by atoms with Gasteiger partial charge in [0.2, 0.25) is 0 Å². The van der Waals surface area contributed by atoms with Crippen molar-refractivity contribution in [1.29, 1.82) is 0 Å². The second-order valence-electron chi connectivity index (χ2n) is 4.63. The maximum atomic E-state index is 11.9. The molecule has 0 aliphatic rings. The van der Waals surface area contributed by atoms with Gasteiger partial charge in [-0.25, -0.2) is 4.98 Å². The number of hydrogen-bond donors (Lipinski definition) is 1. The van der Waals surface area contributed by atoms with Crippen LogP contribution in [0.2, 0.25) is 0 Å². The van der Waals surface area contributed by atoms with Crippen molar-refractivity contribution in [3.63, 3.8) is 0 Å². The zero-order valence-electron chi connectivity index (χ0n) is 11.8. The molecule has 0 radical (unpaired) electrons. The quantitative estimate of drug-likeness (QED) is 0.786. The molecule has 2 heterocycles. The molecule has 0 bridgehead atoms. The summed E-state index contributed by atoms with van der Waals surface area (Å²) in [5.74, 6) is -0.144. The first-order valence-electron chi connectivity index (χ1n) is 6.87. The zero-order valence-corrected chi connectivity index (χ0v) is 12.6. The number of hydrogen-bond acceptors (Lipinski definition) is 5. The number of amides is 1. The second-order valence-corrected chi connectivity index (χ2v) is 5.57. The summed E-state index contributed by atoms with van der Waals surface area (Å²) in [4.78, 5) is 16.5. The zero-order chi connectivity index (χ0) is 15.2. The van der Waals surface area contributed by atoms with E-state index >= 15 is 0 Å². The lowest BCUT2D eigenvalue weighted by atomic mass is 10.2. The molecule has 1 N–H and O–H groups in total. The van der Waals surface area contributed by atoms with Gasteiger partial charge < -0.3 is 5.32 Å². The van der Waals surface area contributed by atoms with Crippen LogP contribution in [-0.2, 0) is 6.42 Å². The van der Waals surface area contributed by atoms with Crippen molar-refractivity contribution < 1.29 is 4.79 Å². The Hall–Kier alpha value is -2.60. The molecule has 0 unspecified atom stereocenters. The molecule has 3 rings (SSSR count). The average molecular weight is 310 g/mol. The molecular weight excluding hydrogens is 296 g/mol. The smallest absolute Gasteiger partial charge is 0.252 e. The van der Waals surface area contributed by atoms with E-state index in [0.717, 1.165) is 16.3 Å². The summed E-state index contributed by atoms with van der Waals surface area (Å²) in [6.07, 6.45) is 3.66. The lowest BCUT2D eigenvalue weighted by Crippen LogP contribution is -2.25. The number of nitrogens with one attached hydrogen (secondary N) is 1. The number of thiazole rings is 1. The minimum atomic E-state index is -0.144. The number of carbonyl (C=O) groups is 1. The Morgan fingerprint density at radius 1 is 1.14 bits per heavy atom. The van der Waals surface area contributed by atoms with E-state index in [0.29, 0.717) is 18.5 Å². The van der Waals surface area contributed by atoms with Crippen LogP contribution in [-0.4, -0.2) is 27.6 Å². The Balaban J connectivity index is 1.55. The van der Waals surface area contributed by atoms with Crippen LogP contribution in [0.15, 0.2) is 54.2 Å². The Morgan fingerprint density at radius 2 is 2.00 bits per heavy atom. The summed E-state index contributed by atoms with van der Waals surface area (Å²) in [7, 11) is 0. The third kappa shape index (κ3) is 3.53. The van der Waals surface area contributed by atoms with E-state index in [1.165, 1.54) is 12.4 Å². The minimum absolute atomic E-state index is 0.144. The summed E-state index contributed by atoms with van der Waals surface area (Å²) in [6.45, 7) is 0.545. The third-order valence-corrected chi connectivity index (χ3v) is 4.00. The molecule has 0 aliphatic heterocycles. The molecule has 110 valence electrons. The summed E-state index contributed by atoms with van der Waals surface area (Å²) < 4.78 is 0. The molecule has 0 fully saturated rings. The SMILES string of the molecule is O=C(NCCc1nc(-c2ccccc2)cs1)c1ccnnc1. The van der Waals surface area contributed by atoms with E-state index in [1.807, 2.05) is 35.7 Å². The van der Waals surface area contributed by atoms with Gasteiger partial charge in [0.15, 0.2) is 0 Å². The molecule has 0 saturated carbocycles. The molecular formula is C16H14N4OS. The third-order valence-electron chi connectivity index (χ3n) is 3.09. The first-order chi connectivity index (χ1) is 10.8. The summed E-state index contributed by atoms with van der Waals surface area (Å²) in [5, 5.41) is 13.2. The van der Waals surface area contributed by atoms with Gasteiger partial charge in [0.25, 0.3) is 5.91 Å². The molecule has 0 spiro atoms. The molecule has 22 heavy (non-hydrogen) atoms. The van der Waals surface area contributed by atoms with Crippen molar-refractivity contribution in [3.8, 4) is 11.3 Å². The molecule has 1 aromatic carbocycles. The maximum Gasteiger partial charge on any atom is 0.252 e. The fourth-order valence-corrected chi connectivity index (χ4v) is 2.78. The monoisotopic (exact) mass is 310 g/mol. The standard InChI is InChI=1S/C16H14N4OS/c21-16(13-6-9-18-19-10-13)17-8-7-15-20-14(11-22-15)12-4-2-1-3-5-12/h1-6,9-11H,7-8H2,(H,17,21). The van der Waals surface area contributed by atoms with Crippen molar-refractivity contribution in [2.24, 2.45) is 0 Å². The van der Waals surface area contributed by atoms with Gasteiger partial charge in [-0.05, 0) is 6.07 Å². The molecule has 0 atom stereocenters. The van der Waals surface area contributed by atoms with Crippen molar-refractivity contribution in [1.82, 2.24) is 20.5 Å². The van der Waals surface area contributed by atoms with Crippen molar-refractivity contribution in [3.05, 3.63) is 64.7 Å². The molecule has 0 aliphatic carbocycles. The molecule has 0 saturated heterocycles. The highest BCUT2D eigenvalue weighted by molar-refractivity contribution is 7.09. The van der Waals surface area contributed by atoms with Crippen LogP contribution < -0.4 is 5.32 Å². The summed E-state index contributed by atoms with van der Waals surface area (Å²) in [5.41, 5.74) is 2.60.